The van der Waals surface area contributed by atoms with E-state index in [4.69, 9.17) is 10.5 Å². The third-order valence-corrected chi connectivity index (χ3v) is 3.00. The van der Waals surface area contributed by atoms with Crippen LogP contribution in [0.25, 0.3) is 10.8 Å². The molecule has 1 heterocycles. The van der Waals surface area contributed by atoms with Crippen LogP contribution in [0.2, 0.25) is 0 Å². The van der Waals surface area contributed by atoms with E-state index in [0.29, 0.717) is 12.5 Å². The second-order valence-corrected chi connectivity index (χ2v) is 4.36. The minimum absolute atomic E-state index is 0.429. The summed E-state index contributed by atoms with van der Waals surface area (Å²) in [6.07, 6.45) is 2.73. The van der Waals surface area contributed by atoms with Gasteiger partial charge < -0.3 is 10.5 Å². The van der Waals surface area contributed by atoms with Crippen molar-refractivity contribution in [2.24, 2.45) is 11.7 Å². The molecule has 0 fully saturated rings. The minimum atomic E-state index is 0.429. The number of pyridine rings is 1. The summed E-state index contributed by atoms with van der Waals surface area (Å²) in [4.78, 5) is 4.47. The number of hydrogen-bond acceptors (Lipinski definition) is 3. The van der Waals surface area contributed by atoms with Crippen molar-refractivity contribution in [1.29, 1.82) is 0 Å². The van der Waals surface area contributed by atoms with Crippen molar-refractivity contribution in [2.45, 2.75) is 13.3 Å². The van der Waals surface area contributed by atoms with Crippen LogP contribution in [0.15, 0.2) is 30.5 Å². The van der Waals surface area contributed by atoms with Crippen LogP contribution in [0.5, 0.6) is 5.75 Å². The second-order valence-electron chi connectivity index (χ2n) is 4.36. The van der Waals surface area contributed by atoms with Gasteiger partial charge in [0.2, 0.25) is 0 Å². The van der Waals surface area contributed by atoms with Gasteiger partial charge in [-0.05, 0) is 36.4 Å². The molecule has 0 saturated heterocycles. The molecule has 1 aromatic heterocycles. The average molecular weight is 230 g/mol. The van der Waals surface area contributed by atoms with Crippen molar-refractivity contribution in [3.8, 4) is 5.75 Å². The van der Waals surface area contributed by atoms with E-state index in [9.17, 15) is 0 Å². The van der Waals surface area contributed by atoms with Gasteiger partial charge in [0.25, 0.3) is 0 Å². The molecule has 1 unspecified atom stereocenters. The third kappa shape index (κ3) is 2.39. The molecule has 17 heavy (non-hydrogen) atoms. The van der Waals surface area contributed by atoms with Crippen LogP contribution in [0.3, 0.4) is 0 Å². The number of ether oxygens (including phenoxy) is 1. The van der Waals surface area contributed by atoms with Crippen molar-refractivity contribution in [3.05, 3.63) is 36.2 Å². The molecule has 0 aliphatic heterocycles. The lowest BCUT2D eigenvalue weighted by molar-refractivity contribution is 0.419. The first-order valence-corrected chi connectivity index (χ1v) is 5.87. The van der Waals surface area contributed by atoms with Crippen LogP contribution >= 0.6 is 0 Å². The van der Waals surface area contributed by atoms with Crippen molar-refractivity contribution < 1.29 is 4.74 Å². The van der Waals surface area contributed by atoms with Crippen molar-refractivity contribution in [3.63, 3.8) is 0 Å². The molecule has 0 radical (unpaired) electrons. The summed E-state index contributed by atoms with van der Waals surface area (Å²) in [7, 11) is 1.69. The number of fused-ring (bicyclic) bond motifs is 1. The number of rotatable bonds is 4. The number of hydrogen-bond donors (Lipinski definition) is 1. The lowest BCUT2D eigenvalue weighted by Gasteiger charge is -2.12. The first-order valence-electron chi connectivity index (χ1n) is 5.87. The normalized spacial score (nSPS) is 12.6. The van der Waals surface area contributed by atoms with E-state index in [1.165, 1.54) is 5.39 Å². The zero-order valence-electron chi connectivity index (χ0n) is 10.3. The summed E-state index contributed by atoms with van der Waals surface area (Å²) in [5, 5.41) is 2.27. The topological polar surface area (TPSA) is 48.1 Å². The fourth-order valence-electron chi connectivity index (χ4n) is 2.01. The van der Waals surface area contributed by atoms with Gasteiger partial charge in [0, 0.05) is 11.6 Å². The smallest absolute Gasteiger partial charge is 0.128 e. The minimum Gasteiger partial charge on any atom is -0.496 e. The van der Waals surface area contributed by atoms with Crippen molar-refractivity contribution in [1.82, 2.24) is 4.98 Å². The highest BCUT2D eigenvalue weighted by atomic mass is 16.5. The number of methoxy groups -OCH3 is 1. The largest absolute Gasteiger partial charge is 0.496 e. The summed E-state index contributed by atoms with van der Waals surface area (Å²) in [5.41, 5.74) is 6.74. The highest BCUT2D eigenvalue weighted by molar-refractivity contribution is 5.90. The zero-order chi connectivity index (χ0) is 12.3. The van der Waals surface area contributed by atoms with E-state index in [0.717, 1.165) is 23.3 Å². The van der Waals surface area contributed by atoms with E-state index in [2.05, 4.69) is 18.0 Å². The van der Waals surface area contributed by atoms with E-state index in [1.54, 1.807) is 7.11 Å². The Balaban J connectivity index is 2.54. The fourth-order valence-corrected chi connectivity index (χ4v) is 2.01. The third-order valence-electron chi connectivity index (χ3n) is 3.00. The molecular formula is C14H18N2O. The lowest BCUT2D eigenvalue weighted by atomic mass is 10.0. The lowest BCUT2D eigenvalue weighted by Crippen LogP contribution is -2.14. The Kier molecular flexibility index (Phi) is 3.59. The van der Waals surface area contributed by atoms with Crippen molar-refractivity contribution >= 4 is 10.8 Å². The number of benzene rings is 1. The first-order chi connectivity index (χ1) is 8.26. The molecule has 3 nitrogen and oxygen atoms in total. The Morgan fingerprint density at radius 1 is 1.35 bits per heavy atom. The molecule has 0 aliphatic carbocycles. The van der Waals surface area contributed by atoms with Crippen LogP contribution in [-0.4, -0.2) is 18.6 Å². The van der Waals surface area contributed by atoms with E-state index < -0.39 is 0 Å². The van der Waals surface area contributed by atoms with E-state index in [-0.39, 0.29) is 0 Å². The molecule has 1 atom stereocenters. The van der Waals surface area contributed by atoms with Crippen LogP contribution < -0.4 is 10.5 Å². The molecule has 0 aliphatic rings. The van der Waals surface area contributed by atoms with Gasteiger partial charge in [0.1, 0.15) is 5.75 Å². The average Bonchev–Trinajstić information content (AvgIpc) is 2.38. The molecule has 1 aromatic carbocycles. The molecular weight excluding hydrogens is 212 g/mol. The maximum Gasteiger partial charge on any atom is 0.128 e. The van der Waals surface area contributed by atoms with Crippen LogP contribution in [0, 0.1) is 5.92 Å². The van der Waals surface area contributed by atoms with Gasteiger partial charge in [-0.25, -0.2) is 0 Å². The summed E-state index contributed by atoms with van der Waals surface area (Å²) in [5.74, 6) is 1.31. The molecule has 2 N–H and O–H groups in total. The molecule has 2 aromatic rings. The maximum absolute atomic E-state index is 5.68. The predicted molar refractivity (Wildman–Crippen MR) is 70.2 cm³/mol. The summed E-state index contributed by atoms with van der Waals surface area (Å²) in [6.45, 7) is 2.81. The Labute approximate surface area is 102 Å². The highest BCUT2D eigenvalue weighted by Gasteiger charge is 2.10. The highest BCUT2D eigenvalue weighted by Crippen LogP contribution is 2.28. The Bertz CT molecular complexity index is 505. The van der Waals surface area contributed by atoms with E-state index >= 15 is 0 Å². The molecule has 0 amide bonds. The zero-order valence-corrected chi connectivity index (χ0v) is 10.3. The van der Waals surface area contributed by atoms with Gasteiger partial charge >= 0.3 is 0 Å². The number of nitrogens with two attached hydrogens (primary N) is 1. The van der Waals surface area contributed by atoms with Gasteiger partial charge in [-0.2, -0.15) is 0 Å². The molecule has 0 saturated carbocycles. The quantitative estimate of drug-likeness (QED) is 0.877. The fraction of sp³-hybridized carbons (Fsp3) is 0.357. The second kappa shape index (κ2) is 5.15. The van der Waals surface area contributed by atoms with Gasteiger partial charge in [0.15, 0.2) is 0 Å². The predicted octanol–water partition coefficient (Wildman–Crippen LogP) is 2.38. The van der Waals surface area contributed by atoms with Gasteiger partial charge in [-0.1, -0.05) is 19.1 Å². The SMILES string of the molecule is COc1cccc2ccnc(CC(C)CN)c12. The number of aromatic nitrogens is 1. The van der Waals surface area contributed by atoms with Gasteiger partial charge in [0.05, 0.1) is 12.8 Å². The first kappa shape index (κ1) is 11.9. The summed E-state index contributed by atoms with van der Waals surface area (Å²) >= 11 is 0. The molecule has 0 bridgehead atoms. The maximum atomic E-state index is 5.68. The standard InChI is InChI=1S/C14H18N2O/c1-10(9-15)8-12-14-11(6-7-16-12)4-3-5-13(14)17-2/h3-7,10H,8-9,15H2,1-2H3. The summed E-state index contributed by atoms with van der Waals surface area (Å²) in [6, 6.07) is 8.06. The molecule has 2 rings (SSSR count). The van der Waals surface area contributed by atoms with Crippen LogP contribution in [0.1, 0.15) is 12.6 Å². The van der Waals surface area contributed by atoms with Crippen LogP contribution in [-0.2, 0) is 6.42 Å². The Morgan fingerprint density at radius 3 is 2.88 bits per heavy atom. The Hall–Kier alpha value is -1.61. The van der Waals surface area contributed by atoms with Crippen LogP contribution in [0.4, 0.5) is 0 Å². The Morgan fingerprint density at radius 2 is 2.18 bits per heavy atom. The molecule has 0 spiro atoms. The number of nitrogens with zero attached hydrogens (tertiary/aromatic N) is 1. The van der Waals surface area contributed by atoms with Gasteiger partial charge in [-0.15, -0.1) is 0 Å². The van der Waals surface area contributed by atoms with Crippen molar-refractivity contribution in [2.75, 3.05) is 13.7 Å². The van der Waals surface area contributed by atoms with E-state index in [1.807, 2.05) is 24.4 Å². The monoisotopic (exact) mass is 230 g/mol. The van der Waals surface area contributed by atoms with Gasteiger partial charge in [-0.3, -0.25) is 4.98 Å². The molecule has 90 valence electrons. The molecule has 3 heteroatoms. The summed E-state index contributed by atoms with van der Waals surface area (Å²) < 4.78 is 5.41.